The molecule has 0 saturated heterocycles. The first-order chi connectivity index (χ1) is 15.8. The van der Waals surface area contributed by atoms with Gasteiger partial charge in [-0.1, -0.05) is 54.1 Å². The molecule has 2 aromatic carbocycles. The van der Waals surface area contributed by atoms with Crippen molar-refractivity contribution in [3.8, 4) is 0 Å². The molecule has 0 unspecified atom stereocenters. The number of fused-ring (bicyclic) bond motifs is 1. The fraction of sp³-hybridized carbons (Fsp3) is 0.222. The molecule has 168 valence electrons. The maximum Gasteiger partial charge on any atom is 0.332 e. The van der Waals surface area contributed by atoms with Gasteiger partial charge in [0.2, 0.25) is 0 Å². The Kier molecular flexibility index (Phi) is 6.38. The predicted molar refractivity (Wildman–Crippen MR) is 127 cm³/mol. The molecule has 0 amide bonds. The molecule has 2 aromatic heterocycles. The number of ether oxygens (including phenoxy) is 1. The summed E-state index contributed by atoms with van der Waals surface area (Å²) >= 11 is 0. The van der Waals surface area contributed by atoms with Crippen molar-refractivity contribution in [3.05, 3.63) is 100 Å². The van der Waals surface area contributed by atoms with Gasteiger partial charge in [0, 0.05) is 29.4 Å². The highest BCUT2D eigenvalue weighted by atomic mass is 16.5. The molecule has 0 aliphatic carbocycles. The monoisotopic (exact) mass is 442 g/mol. The third-order valence-electron chi connectivity index (χ3n) is 5.80. The van der Waals surface area contributed by atoms with Crippen molar-refractivity contribution < 1.29 is 19.4 Å². The number of rotatable bonds is 8. The minimum absolute atomic E-state index is 0.0194. The molecule has 33 heavy (non-hydrogen) atoms. The average molecular weight is 443 g/mol. The van der Waals surface area contributed by atoms with E-state index in [0.29, 0.717) is 17.7 Å². The number of pyridine rings is 1. The Morgan fingerprint density at radius 3 is 2.48 bits per heavy atom. The van der Waals surface area contributed by atoms with Crippen LogP contribution in [0.3, 0.4) is 0 Å². The zero-order valence-electron chi connectivity index (χ0n) is 18.9. The Morgan fingerprint density at radius 1 is 1.03 bits per heavy atom. The highest BCUT2D eigenvalue weighted by Crippen LogP contribution is 2.28. The highest BCUT2D eigenvalue weighted by molar-refractivity contribution is 6.17. The molecule has 0 saturated carbocycles. The van der Waals surface area contributed by atoms with E-state index < -0.39 is 12.1 Å². The lowest BCUT2D eigenvalue weighted by Crippen LogP contribution is -2.19. The van der Waals surface area contributed by atoms with Gasteiger partial charge < -0.3 is 14.4 Å². The van der Waals surface area contributed by atoms with E-state index in [2.05, 4.69) is 9.55 Å². The van der Waals surface area contributed by atoms with Crippen LogP contribution in [0, 0.1) is 13.8 Å². The molecule has 6 heteroatoms. The van der Waals surface area contributed by atoms with E-state index >= 15 is 0 Å². The van der Waals surface area contributed by atoms with Crippen LogP contribution in [-0.2, 0) is 22.7 Å². The van der Waals surface area contributed by atoms with Crippen molar-refractivity contribution in [2.75, 3.05) is 0 Å². The Bertz CT molecular complexity index is 1320. The lowest BCUT2D eigenvalue weighted by Gasteiger charge is -2.12. The van der Waals surface area contributed by atoms with Crippen molar-refractivity contribution in [2.45, 2.75) is 40.0 Å². The van der Waals surface area contributed by atoms with Gasteiger partial charge in [-0.25, -0.2) is 9.78 Å². The summed E-state index contributed by atoms with van der Waals surface area (Å²) < 4.78 is 7.47. The largest absolute Gasteiger partial charge is 0.479 e. The zero-order valence-corrected chi connectivity index (χ0v) is 18.9. The maximum atomic E-state index is 13.4. The molecule has 0 fully saturated rings. The van der Waals surface area contributed by atoms with Crippen LogP contribution in [0.15, 0.2) is 66.9 Å². The molecule has 1 atom stereocenters. The van der Waals surface area contributed by atoms with Gasteiger partial charge in [0.15, 0.2) is 11.9 Å². The van der Waals surface area contributed by atoms with E-state index in [1.165, 1.54) is 6.92 Å². The first-order valence-corrected chi connectivity index (χ1v) is 10.8. The fourth-order valence-electron chi connectivity index (χ4n) is 3.92. The number of nitrogens with zero attached hydrogens (tertiary/aromatic N) is 2. The van der Waals surface area contributed by atoms with E-state index in [-0.39, 0.29) is 12.4 Å². The minimum Gasteiger partial charge on any atom is -0.479 e. The summed E-state index contributed by atoms with van der Waals surface area (Å²) in [5, 5.41) is 9.85. The Labute approximate surface area is 192 Å². The topological polar surface area (TPSA) is 81.4 Å². The Morgan fingerprint density at radius 2 is 1.76 bits per heavy atom. The van der Waals surface area contributed by atoms with Gasteiger partial charge in [-0.05, 0) is 44.0 Å². The first kappa shape index (κ1) is 22.4. The van der Waals surface area contributed by atoms with Crippen molar-refractivity contribution >= 4 is 22.8 Å². The third kappa shape index (κ3) is 4.71. The van der Waals surface area contributed by atoms with Crippen LogP contribution in [0.1, 0.15) is 45.2 Å². The molecule has 0 aliphatic heterocycles. The van der Waals surface area contributed by atoms with E-state index in [0.717, 1.165) is 33.4 Å². The number of hydrogen-bond acceptors (Lipinski definition) is 4. The van der Waals surface area contributed by atoms with Crippen molar-refractivity contribution in [2.24, 2.45) is 0 Å². The van der Waals surface area contributed by atoms with E-state index in [1.807, 2.05) is 74.5 Å². The summed E-state index contributed by atoms with van der Waals surface area (Å²) in [6.07, 6.45) is 0.861. The predicted octanol–water partition coefficient (Wildman–Crippen LogP) is 4.92. The van der Waals surface area contributed by atoms with E-state index in [9.17, 15) is 9.59 Å². The molecule has 1 N–H and O–H groups in total. The highest BCUT2D eigenvalue weighted by Gasteiger charge is 2.22. The van der Waals surface area contributed by atoms with Gasteiger partial charge >= 0.3 is 5.97 Å². The molecule has 0 aliphatic rings. The number of ketones is 1. The second kappa shape index (κ2) is 9.38. The zero-order chi connectivity index (χ0) is 23.5. The molecule has 0 bridgehead atoms. The fourth-order valence-corrected chi connectivity index (χ4v) is 3.92. The number of aliphatic carboxylic acids is 1. The molecular formula is C27H26N2O4. The summed E-state index contributed by atoms with van der Waals surface area (Å²) in [5.74, 6) is -1.01. The van der Waals surface area contributed by atoms with Crippen molar-refractivity contribution in [1.82, 2.24) is 9.55 Å². The molecule has 4 rings (SSSR count). The molecule has 0 radical (unpaired) electrons. The van der Waals surface area contributed by atoms with Crippen molar-refractivity contribution in [1.29, 1.82) is 0 Å². The van der Waals surface area contributed by atoms with Gasteiger partial charge in [-0.2, -0.15) is 0 Å². The van der Waals surface area contributed by atoms with Gasteiger partial charge in [-0.3, -0.25) is 4.79 Å². The first-order valence-electron chi connectivity index (χ1n) is 10.8. The molecule has 2 heterocycles. The second-order valence-electron chi connectivity index (χ2n) is 8.23. The van der Waals surface area contributed by atoms with E-state index in [1.54, 1.807) is 6.20 Å². The van der Waals surface area contributed by atoms with Crippen LogP contribution < -0.4 is 0 Å². The van der Waals surface area contributed by atoms with Crippen LogP contribution in [0.2, 0.25) is 0 Å². The molecular weight excluding hydrogens is 416 g/mol. The number of carboxylic acids is 1. The average Bonchev–Trinajstić information content (AvgIpc) is 3.09. The van der Waals surface area contributed by atoms with Crippen molar-refractivity contribution in [3.63, 3.8) is 0 Å². The molecule has 0 spiro atoms. The standard InChI is InChI=1S/C27H26N2O4/c1-17-9-11-22(12-10-17)25(30)24-18(2)29(26-23(24)8-5-13-28-26)15-20-6-4-7-21(14-20)16-33-19(3)27(31)32/h4-14,19H,15-16H2,1-3H3,(H,31,32)/t19-/m1/s1. The number of carboxylic acid groups (broad SMARTS) is 1. The summed E-state index contributed by atoms with van der Waals surface area (Å²) in [6, 6.07) is 19.2. The van der Waals surface area contributed by atoms with Gasteiger partial charge in [0.05, 0.1) is 12.2 Å². The van der Waals surface area contributed by atoms with Crippen LogP contribution in [-0.4, -0.2) is 32.5 Å². The van der Waals surface area contributed by atoms with E-state index in [4.69, 9.17) is 9.84 Å². The SMILES string of the molecule is Cc1ccc(C(=O)c2c(C)n(Cc3cccc(CO[C@H](C)C(=O)O)c3)c3ncccc23)cc1. The number of carbonyl (C=O) groups excluding carboxylic acids is 1. The van der Waals surface area contributed by atoms with Gasteiger partial charge in [0.1, 0.15) is 5.65 Å². The number of benzene rings is 2. The third-order valence-corrected chi connectivity index (χ3v) is 5.80. The normalized spacial score (nSPS) is 12.1. The number of carbonyl (C=O) groups is 2. The van der Waals surface area contributed by atoms with Gasteiger partial charge in [-0.15, -0.1) is 0 Å². The summed E-state index contributed by atoms with van der Waals surface area (Å²) in [5.41, 5.74) is 5.93. The molecule has 6 nitrogen and oxygen atoms in total. The summed E-state index contributed by atoms with van der Waals surface area (Å²) in [4.78, 5) is 29.0. The quantitative estimate of drug-likeness (QED) is 0.392. The van der Waals surface area contributed by atoms with Crippen LogP contribution in [0.5, 0.6) is 0 Å². The minimum atomic E-state index is -0.988. The number of hydrogen-bond donors (Lipinski definition) is 1. The lowest BCUT2D eigenvalue weighted by atomic mass is 10.0. The van der Waals surface area contributed by atoms with Crippen LogP contribution in [0.25, 0.3) is 11.0 Å². The van der Waals surface area contributed by atoms with Crippen LogP contribution in [0.4, 0.5) is 0 Å². The smallest absolute Gasteiger partial charge is 0.332 e. The Balaban J connectivity index is 1.68. The molecule has 4 aromatic rings. The van der Waals surface area contributed by atoms with Gasteiger partial charge in [0.25, 0.3) is 0 Å². The summed E-state index contributed by atoms with van der Waals surface area (Å²) in [7, 11) is 0. The number of aromatic nitrogens is 2. The summed E-state index contributed by atoms with van der Waals surface area (Å²) in [6.45, 7) is 6.20. The lowest BCUT2D eigenvalue weighted by molar-refractivity contribution is -0.149. The second-order valence-corrected chi connectivity index (χ2v) is 8.23. The maximum absolute atomic E-state index is 13.4. The van der Waals surface area contributed by atoms with Crippen LogP contribution >= 0.6 is 0 Å². The Hall–Kier alpha value is -3.77. The number of aryl methyl sites for hydroxylation is 1.